The summed E-state index contributed by atoms with van der Waals surface area (Å²) in [5, 5.41) is 22.1. The van der Waals surface area contributed by atoms with Crippen LogP contribution in [0, 0.1) is 10.1 Å². The molecule has 0 atom stereocenters. The quantitative estimate of drug-likeness (QED) is 0.480. The summed E-state index contributed by atoms with van der Waals surface area (Å²) in [6, 6.07) is 4.56. The molecule has 20 heavy (non-hydrogen) atoms. The van der Waals surface area contributed by atoms with Gasteiger partial charge in [0, 0.05) is 35.9 Å². The number of nitrogens with one attached hydrogen (secondary N) is 1. The first-order valence-electron chi connectivity index (χ1n) is 6.14. The average molecular weight is 296 g/mol. The Morgan fingerprint density at radius 3 is 3.00 bits per heavy atom. The highest BCUT2D eigenvalue weighted by molar-refractivity contribution is 6.30. The summed E-state index contributed by atoms with van der Waals surface area (Å²) in [5.41, 5.74) is 0.668. The van der Waals surface area contributed by atoms with Crippen molar-refractivity contribution >= 4 is 17.3 Å². The Balaban J connectivity index is 1.81. The third-order valence-electron chi connectivity index (χ3n) is 2.77. The van der Waals surface area contributed by atoms with Gasteiger partial charge in [-0.05, 0) is 25.1 Å². The lowest BCUT2D eigenvalue weighted by Gasteiger charge is -2.06. The minimum atomic E-state index is -0.400. The third-order valence-corrected chi connectivity index (χ3v) is 3.00. The molecule has 0 spiro atoms. The maximum atomic E-state index is 10.9. The highest BCUT2D eigenvalue weighted by atomic mass is 35.5. The average Bonchev–Trinajstić information content (AvgIpc) is 2.91. The molecule has 1 aromatic heterocycles. The topological polar surface area (TPSA) is 85.9 Å². The molecule has 0 saturated heterocycles. The van der Waals surface area contributed by atoms with Crippen LogP contribution in [0.2, 0.25) is 5.02 Å². The summed E-state index contributed by atoms with van der Waals surface area (Å²) in [4.78, 5) is 10.5. The van der Waals surface area contributed by atoms with Gasteiger partial charge in [0.25, 0.3) is 5.69 Å². The van der Waals surface area contributed by atoms with Crippen molar-refractivity contribution in [3.8, 4) is 0 Å². The number of nitro groups is 1. The Morgan fingerprint density at radius 2 is 2.30 bits per heavy atom. The van der Waals surface area contributed by atoms with Gasteiger partial charge in [-0.1, -0.05) is 16.8 Å². The van der Waals surface area contributed by atoms with E-state index in [1.807, 2.05) is 0 Å². The van der Waals surface area contributed by atoms with Gasteiger partial charge < -0.3 is 5.32 Å². The normalized spacial score (nSPS) is 10.7. The summed E-state index contributed by atoms with van der Waals surface area (Å²) >= 11 is 5.86. The van der Waals surface area contributed by atoms with Gasteiger partial charge in [-0.3, -0.25) is 14.8 Å². The first-order chi connectivity index (χ1) is 9.66. The summed E-state index contributed by atoms with van der Waals surface area (Å²) in [7, 11) is 0. The van der Waals surface area contributed by atoms with Crippen molar-refractivity contribution in [2.45, 2.75) is 19.5 Å². The second kappa shape index (κ2) is 6.97. The Kier molecular flexibility index (Phi) is 5.03. The molecule has 0 bridgehead atoms. The van der Waals surface area contributed by atoms with E-state index in [1.54, 1.807) is 23.1 Å². The van der Waals surface area contributed by atoms with E-state index in [2.05, 4.69) is 15.6 Å². The monoisotopic (exact) mass is 295 g/mol. The van der Waals surface area contributed by atoms with Crippen LogP contribution in [0.3, 0.4) is 0 Å². The molecule has 7 nitrogen and oxygen atoms in total. The van der Waals surface area contributed by atoms with Crippen LogP contribution in [-0.4, -0.2) is 26.5 Å². The van der Waals surface area contributed by atoms with Crippen LogP contribution in [0.25, 0.3) is 0 Å². The van der Waals surface area contributed by atoms with Gasteiger partial charge in [0.05, 0.1) is 11.1 Å². The number of nitro benzene ring substituents is 1. The fourth-order valence-electron chi connectivity index (χ4n) is 1.81. The van der Waals surface area contributed by atoms with E-state index in [4.69, 9.17) is 11.6 Å². The molecule has 1 aromatic carbocycles. The van der Waals surface area contributed by atoms with Crippen molar-refractivity contribution in [3.63, 3.8) is 0 Å². The molecule has 8 heteroatoms. The van der Waals surface area contributed by atoms with Crippen molar-refractivity contribution in [1.29, 1.82) is 0 Å². The van der Waals surface area contributed by atoms with Crippen molar-refractivity contribution in [2.75, 3.05) is 6.54 Å². The van der Waals surface area contributed by atoms with Crippen LogP contribution in [0.5, 0.6) is 0 Å². The van der Waals surface area contributed by atoms with Crippen LogP contribution in [0.1, 0.15) is 12.0 Å². The summed E-state index contributed by atoms with van der Waals surface area (Å²) in [6.45, 7) is 1.89. The number of benzene rings is 1. The van der Waals surface area contributed by atoms with E-state index < -0.39 is 4.92 Å². The number of nitrogens with zero attached hydrogens (tertiary/aromatic N) is 4. The molecule has 0 saturated carbocycles. The van der Waals surface area contributed by atoms with Gasteiger partial charge in [0.1, 0.15) is 0 Å². The zero-order chi connectivity index (χ0) is 14.4. The molecule has 0 fully saturated rings. The zero-order valence-corrected chi connectivity index (χ0v) is 11.5. The molecule has 106 valence electrons. The van der Waals surface area contributed by atoms with Crippen molar-refractivity contribution in [2.24, 2.45) is 0 Å². The molecule has 2 rings (SSSR count). The van der Waals surface area contributed by atoms with Crippen molar-refractivity contribution < 1.29 is 4.92 Å². The number of halogens is 1. The van der Waals surface area contributed by atoms with Gasteiger partial charge in [0.2, 0.25) is 0 Å². The maximum Gasteiger partial charge on any atom is 0.273 e. The van der Waals surface area contributed by atoms with Crippen LogP contribution >= 0.6 is 11.6 Å². The van der Waals surface area contributed by atoms with E-state index in [9.17, 15) is 10.1 Å². The molecular weight excluding hydrogens is 282 g/mol. The number of hydrogen-bond acceptors (Lipinski definition) is 5. The van der Waals surface area contributed by atoms with E-state index in [0.717, 1.165) is 19.5 Å². The summed E-state index contributed by atoms with van der Waals surface area (Å²) in [6.07, 6.45) is 4.28. The fraction of sp³-hybridized carbons (Fsp3) is 0.333. The molecule has 0 radical (unpaired) electrons. The minimum absolute atomic E-state index is 0.0816. The minimum Gasteiger partial charge on any atom is -0.312 e. The Labute approximate surface area is 120 Å². The summed E-state index contributed by atoms with van der Waals surface area (Å²) < 4.78 is 1.74. The zero-order valence-electron chi connectivity index (χ0n) is 10.7. The van der Waals surface area contributed by atoms with Crippen LogP contribution in [0.4, 0.5) is 5.69 Å². The molecule has 0 aliphatic rings. The van der Waals surface area contributed by atoms with Gasteiger partial charge in [-0.15, -0.1) is 5.10 Å². The molecule has 0 aliphatic heterocycles. The van der Waals surface area contributed by atoms with Gasteiger partial charge in [0.15, 0.2) is 0 Å². The molecule has 2 aromatic rings. The number of aryl methyl sites for hydroxylation is 1. The van der Waals surface area contributed by atoms with E-state index in [-0.39, 0.29) is 5.69 Å². The van der Waals surface area contributed by atoms with Gasteiger partial charge in [-0.2, -0.15) is 0 Å². The second-order valence-electron chi connectivity index (χ2n) is 4.23. The largest absolute Gasteiger partial charge is 0.312 e. The molecular formula is C12H14ClN5O2. The SMILES string of the molecule is O=[N+]([O-])c1ccc(Cl)cc1CNCCCn1ccnn1. The molecule has 1 N–H and O–H groups in total. The fourth-order valence-corrected chi connectivity index (χ4v) is 2.01. The molecule has 0 aliphatic carbocycles. The Hall–Kier alpha value is -1.99. The van der Waals surface area contributed by atoms with Crippen molar-refractivity contribution in [1.82, 2.24) is 20.3 Å². The predicted molar refractivity (Wildman–Crippen MR) is 74.5 cm³/mol. The van der Waals surface area contributed by atoms with Crippen LogP contribution in [0.15, 0.2) is 30.6 Å². The molecule has 0 amide bonds. The highest BCUT2D eigenvalue weighted by Gasteiger charge is 2.13. The lowest BCUT2D eigenvalue weighted by molar-refractivity contribution is -0.385. The smallest absolute Gasteiger partial charge is 0.273 e. The van der Waals surface area contributed by atoms with Crippen LogP contribution < -0.4 is 5.32 Å². The number of aromatic nitrogens is 3. The Bertz CT molecular complexity index is 573. The first-order valence-corrected chi connectivity index (χ1v) is 6.52. The third kappa shape index (κ3) is 4.01. The highest BCUT2D eigenvalue weighted by Crippen LogP contribution is 2.22. The lowest BCUT2D eigenvalue weighted by atomic mass is 10.2. The first kappa shape index (κ1) is 14.4. The number of hydrogen-bond donors (Lipinski definition) is 1. The number of rotatable bonds is 7. The maximum absolute atomic E-state index is 10.9. The van der Waals surface area contributed by atoms with E-state index in [1.165, 1.54) is 12.1 Å². The standard InChI is InChI=1S/C12H14ClN5O2/c13-11-2-3-12(18(19)20)10(8-11)9-14-4-1-6-17-7-5-15-16-17/h2-3,5,7-8,14H,1,4,6,9H2. The van der Waals surface area contributed by atoms with Crippen molar-refractivity contribution in [3.05, 3.63) is 51.3 Å². The molecule has 0 unspecified atom stereocenters. The van der Waals surface area contributed by atoms with E-state index in [0.29, 0.717) is 17.1 Å². The lowest BCUT2D eigenvalue weighted by Crippen LogP contribution is -2.17. The van der Waals surface area contributed by atoms with Crippen LogP contribution in [-0.2, 0) is 13.1 Å². The second-order valence-corrected chi connectivity index (χ2v) is 4.66. The molecule has 1 heterocycles. The van der Waals surface area contributed by atoms with E-state index >= 15 is 0 Å². The Morgan fingerprint density at radius 1 is 1.45 bits per heavy atom. The van der Waals surface area contributed by atoms with Gasteiger partial charge in [-0.25, -0.2) is 0 Å². The van der Waals surface area contributed by atoms with Gasteiger partial charge >= 0.3 is 0 Å². The summed E-state index contributed by atoms with van der Waals surface area (Å²) in [5.74, 6) is 0. The predicted octanol–water partition coefficient (Wildman–Crippen LogP) is 2.02.